The van der Waals surface area contributed by atoms with Crippen molar-refractivity contribution in [2.75, 3.05) is 50.8 Å². The Labute approximate surface area is 181 Å². The zero-order chi connectivity index (χ0) is 21.3. The normalized spacial score (nSPS) is 14.7. The van der Waals surface area contributed by atoms with Gasteiger partial charge in [0.25, 0.3) is 0 Å². The third kappa shape index (κ3) is 6.23. The molecule has 1 aliphatic heterocycles. The molecule has 0 spiro atoms. The zero-order valence-corrected chi connectivity index (χ0v) is 18.6. The highest BCUT2D eigenvalue weighted by Gasteiger charge is 2.21. The topological polar surface area (TPSA) is 44.8 Å². The van der Waals surface area contributed by atoms with Crippen LogP contribution in [0, 0.1) is 0 Å². The minimum Gasteiger partial charge on any atom is -0.492 e. The van der Waals surface area contributed by atoms with Gasteiger partial charge in [-0.05, 0) is 42.5 Å². The van der Waals surface area contributed by atoms with Crippen molar-refractivity contribution >= 4 is 11.6 Å². The molecule has 1 heterocycles. The first-order chi connectivity index (χ1) is 14.6. The number of benzene rings is 2. The summed E-state index contributed by atoms with van der Waals surface area (Å²) in [6.07, 6.45) is 0.867. The third-order valence-electron chi connectivity index (χ3n) is 5.63. The molecular weight excluding hydrogens is 374 g/mol. The molecular formula is C25H35N3O2. The van der Waals surface area contributed by atoms with E-state index in [1.54, 1.807) is 0 Å². The van der Waals surface area contributed by atoms with Crippen LogP contribution in [-0.2, 0) is 11.2 Å². The molecule has 0 unspecified atom stereocenters. The smallest absolute Gasteiger partial charge is 0.234 e. The van der Waals surface area contributed by atoms with Gasteiger partial charge in [0, 0.05) is 32.7 Å². The largest absolute Gasteiger partial charge is 0.492 e. The van der Waals surface area contributed by atoms with Gasteiger partial charge >= 0.3 is 0 Å². The lowest BCUT2D eigenvalue weighted by atomic mass is 10.0. The lowest BCUT2D eigenvalue weighted by Crippen LogP contribution is -2.49. The number of anilines is 1. The van der Waals surface area contributed by atoms with Gasteiger partial charge in [0.05, 0.1) is 18.8 Å². The number of para-hydroxylation sites is 2. The highest BCUT2D eigenvalue weighted by atomic mass is 16.5. The van der Waals surface area contributed by atoms with Gasteiger partial charge in [0.2, 0.25) is 5.91 Å². The summed E-state index contributed by atoms with van der Waals surface area (Å²) in [4.78, 5) is 16.9. The van der Waals surface area contributed by atoms with Crippen LogP contribution in [0.15, 0.2) is 48.5 Å². The van der Waals surface area contributed by atoms with Crippen LogP contribution in [-0.4, -0.2) is 56.7 Å². The Morgan fingerprint density at radius 2 is 1.73 bits per heavy atom. The number of nitrogens with one attached hydrogen (secondary N) is 1. The van der Waals surface area contributed by atoms with E-state index in [-0.39, 0.29) is 5.91 Å². The summed E-state index contributed by atoms with van der Waals surface area (Å²) < 4.78 is 5.76. The van der Waals surface area contributed by atoms with Gasteiger partial charge in [-0.25, -0.2) is 0 Å². The van der Waals surface area contributed by atoms with E-state index in [0.29, 0.717) is 25.6 Å². The van der Waals surface area contributed by atoms with E-state index < -0.39 is 0 Å². The quantitative estimate of drug-likeness (QED) is 0.686. The van der Waals surface area contributed by atoms with Crippen LogP contribution in [0.1, 0.15) is 37.8 Å². The number of amides is 1. The molecule has 2 aromatic rings. The molecule has 0 aromatic heterocycles. The first kappa shape index (κ1) is 22.2. The Hall–Kier alpha value is -2.53. The second kappa shape index (κ2) is 11.0. The number of hydrogen-bond donors (Lipinski definition) is 1. The van der Waals surface area contributed by atoms with Gasteiger partial charge in [0.1, 0.15) is 5.75 Å². The summed E-state index contributed by atoms with van der Waals surface area (Å²) in [5.41, 5.74) is 3.76. The molecule has 30 heavy (non-hydrogen) atoms. The van der Waals surface area contributed by atoms with Crippen molar-refractivity contribution in [3.05, 3.63) is 59.7 Å². The summed E-state index contributed by atoms with van der Waals surface area (Å²) in [6.45, 7) is 11.8. The predicted molar refractivity (Wildman–Crippen MR) is 124 cm³/mol. The van der Waals surface area contributed by atoms with Crippen LogP contribution >= 0.6 is 0 Å². The lowest BCUT2D eigenvalue weighted by Gasteiger charge is -2.36. The molecule has 0 bridgehead atoms. The van der Waals surface area contributed by atoms with Crippen LogP contribution in [0.4, 0.5) is 5.69 Å². The summed E-state index contributed by atoms with van der Waals surface area (Å²) >= 11 is 0. The molecule has 1 aliphatic rings. The average Bonchev–Trinajstić information content (AvgIpc) is 2.75. The monoisotopic (exact) mass is 409 g/mol. The van der Waals surface area contributed by atoms with E-state index in [4.69, 9.17) is 4.74 Å². The van der Waals surface area contributed by atoms with Crippen molar-refractivity contribution in [2.24, 2.45) is 0 Å². The fourth-order valence-corrected chi connectivity index (χ4v) is 3.82. The maximum absolute atomic E-state index is 12.3. The fourth-order valence-electron chi connectivity index (χ4n) is 3.82. The number of carbonyl (C=O) groups excluding carboxylic acids is 1. The number of hydrogen-bond acceptors (Lipinski definition) is 4. The van der Waals surface area contributed by atoms with Crippen molar-refractivity contribution in [2.45, 2.75) is 33.1 Å². The number of carbonyl (C=O) groups is 1. The van der Waals surface area contributed by atoms with Crippen LogP contribution in [0.2, 0.25) is 0 Å². The highest BCUT2D eigenvalue weighted by molar-refractivity contribution is 5.78. The summed E-state index contributed by atoms with van der Waals surface area (Å²) in [7, 11) is 0. The van der Waals surface area contributed by atoms with Crippen molar-refractivity contribution in [3.63, 3.8) is 0 Å². The second-order valence-corrected chi connectivity index (χ2v) is 8.16. The predicted octanol–water partition coefficient (Wildman–Crippen LogP) is 3.69. The molecule has 0 aliphatic carbocycles. The number of ether oxygens (including phenoxy) is 1. The van der Waals surface area contributed by atoms with E-state index in [0.717, 1.165) is 44.0 Å². The standard InChI is InChI=1S/C25H35N3O2/c1-4-30-24-8-6-5-7-23(24)28-17-15-27(16-18-28)19-25(29)26-14-13-21-9-11-22(12-10-21)20(2)3/h5-12,20H,4,13-19H2,1-3H3,(H,26,29). The van der Waals surface area contributed by atoms with Crippen LogP contribution in [0.3, 0.4) is 0 Å². The second-order valence-electron chi connectivity index (χ2n) is 8.16. The van der Waals surface area contributed by atoms with Gasteiger partial charge < -0.3 is 15.0 Å². The first-order valence-electron chi connectivity index (χ1n) is 11.1. The van der Waals surface area contributed by atoms with Crippen molar-refractivity contribution < 1.29 is 9.53 Å². The van der Waals surface area contributed by atoms with Crippen LogP contribution < -0.4 is 15.0 Å². The van der Waals surface area contributed by atoms with E-state index in [1.165, 1.54) is 11.1 Å². The molecule has 1 saturated heterocycles. The average molecular weight is 410 g/mol. The van der Waals surface area contributed by atoms with E-state index in [9.17, 15) is 4.79 Å². The fraction of sp³-hybridized carbons (Fsp3) is 0.480. The Balaban J connectivity index is 1.39. The summed E-state index contributed by atoms with van der Waals surface area (Å²) in [5, 5.41) is 3.07. The maximum Gasteiger partial charge on any atom is 0.234 e. The minimum atomic E-state index is 0.108. The van der Waals surface area contributed by atoms with Gasteiger partial charge in [-0.1, -0.05) is 50.2 Å². The maximum atomic E-state index is 12.3. The number of rotatable bonds is 9. The molecule has 0 radical (unpaired) electrons. The molecule has 5 nitrogen and oxygen atoms in total. The summed E-state index contributed by atoms with van der Waals surface area (Å²) in [6, 6.07) is 16.9. The van der Waals surface area contributed by atoms with Crippen molar-refractivity contribution in [1.29, 1.82) is 0 Å². The molecule has 3 rings (SSSR count). The van der Waals surface area contributed by atoms with Crippen LogP contribution in [0.5, 0.6) is 5.75 Å². The Morgan fingerprint density at radius 1 is 1.03 bits per heavy atom. The zero-order valence-electron chi connectivity index (χ0n) is 18.6. The first-order valence-corrected chi connectivity index (χ1v) is 11.1. The lowest BCUT2D eigenvalue weighted by molar-refractivity contribution is -0.122. The molecule has 0 saturated carbocycles. The van der Waals surface area contributed by atoms with Crippen molar-refractivity contribution in [3.8, 4) is 5.75 Å². The molecule has 1 amide bonds. The third-order valence-corrected chi connectivity index (χ3v) is 5.63. The van der Waals surface area contributed by atoms with Gasteiger partial charge in [-0.2, -0.15) is 0 Å². The van der Waals surface area contributed by atoms with Gasteiger partial charge in [0.15, 0.2) is 0 Å². The van der Waals surface area contributed by atoms with Crippen molar-refractivity contribution in [1.82, 2.24) is 10.2 Å². The van der Waals surface area contributed by atoms with Gasteiger partial charge in [-0.15, -0.1) is 0 Å². The highest BCUT2D eigenvalue weighted by Crippen LogP contribution is 2.28. The minimum absolute atomic E-state index is 0.108. The molecule has 2 aromatic carbocycles. The Bertz CT molecular complexity index is 796. The Morgan fingerprint density at radius 3 is 2.40 bits per heavy atom. The molecule has 5 heteroatoms. The molecule has 1 N–H and O–H groups in total. The summed E-state index contributed by atoms with van der Waals surface area (Å²) in [5.74, 6) is 1.59. The Kier molecular flexibility index (Phi) is 8.14. The van der Waals surface area contributed by atoms with E-state index in [2.05, 4.69) is 59.3 Å². The molecule has 162 valence electrons. The van der Waals surface area contributed by atoms with Gasteiger partial charge in [-0.3, -0.25) is 9.69 Å². The number of piperazine rings is 1. The molecule has 1 fully saturated rings. The van der Waals surface area contributed by atoms with Crippen LogP contribution in [0.25, 0.3) is 0 Å². The van der Waals surface area contributed by atoms with E-state index in [1.807, 2.05) is 25.1 Å². The number of nitrogens with zero attached hydrogens (tertiary/aromatic N) is 2. The SMILES string of the molecule is CCOc1ccccc1N1CCN(CC(=O)NCCc2ccc(C(C)C)cc2)CC1. The van der Waals surface area contributed by atoms with E-state index >= 15 is 0 Å². The molecule has 0 atom stereocenters.